The van der Waals surface area contributed by atoms with Gasteiger partial charge in [0.1, 0.15) is 0 Å². The second-order valence-electron chi connectivity index (χ2n) is 8.80. The largest absolute Gasteiger partial charge is 0.383 e. The molecule has 3 aliphatic heterocycles. The van der Waals surface area contributed by atoms with Crippen molar-refractivity contribution in [3.05, 3.63) is 30.1 Å². The molecule has 6 nitrogen and oxygen atoms in total. The molecule has 6 heteroatoms. The van der Waals surface area contributed by atoms with E-state index in [4.69, 9.17) is 4.74 Å². The Bertz CT molecular complexity index is 674. The monoisotopic (exact) mass is 386 g/mol. The Morgan fingerprint density at radius 3 is 2.57 bits per heavy atom. The Labute approximate surface area is 168 Å². The lowest BCUT2D eigenvalue weighted by molar-refractivity contribution is -0.142. The number of rotatable bonds is 6. The highest BCUT2D eigenvalue weighted by atomic mass is 16.5. The normalized spacial score (nSPS) is 28.1. The van der Waals surface area contributed by atoms with Crippen LogP contribution in [0, 0.1) is 10.8 Å². The Kier molecular flexibility index (Phi) is 5.72. The molecule has 3 saturated heterocycles. The number of fused-ring (bicyclic) bond motifs is 1. The van der Waals surface area contributed by atoms with Gasteiger partial charge in [0, 0.05) is 58.0 Å². The van der Waals surface area contributed by atoms with Gasteiger partial charge >= 0.3 is 0 Å². The number of aromatic nitrogens is 1. The van der Waals surface area contributed by atoms with Crippen LogP contribution >= 0.6 is 0 Å². The third-order valence-electron chi connectivity index (χ3n) is 7.46. The summed E-state index contributed by atoms with van der Waals surface area (Å²) in [4.78, 5) is 25.0. The summed E-state index contributed by atoms with van der Waals surface area (Å²) in [6.45, 7) is 10.5. The summed E-state index contributed by atoms with van der Waals surface area (Å²) in [7, 11) is 1.76. The lowest BCUT2D eigenvalue weighted by Gasteiger charge is -2.47. The zero-order valence-corrected chi connectivity index (χ0v) is 17.4. The molecule has 2 spiro atoms. The summed E-state index contributed by atoms with van der Waals surface area (Å²) in [5, 5.41) is 0. The number of pyridine rings is 1. The Morgan fingerprint density at radius 1 is 1.11 bits per heavy atom. The van der Waals surface area contributed by atoms with Crippen LogP contribution < -0.4 is 0 Å². The van der Waals surface area contributed by atoms with E-state index in [0.717, 1.165) is 83.9 Å². The number of hydrogen-bond donors (Lipinski definition) is 0. The number of hydrogen-bond acceptors (Lipinski definition) is 5. The summed E-state index contributed by atoms with van der Waals surface area (Å²) < 4.78 is 5.33. The Hall–Kier alpha value is -1.50. The number of carbonyl (C=O) groups excluding carboxylic acids is 1. The minimum Gasteiger partial charge on any atom is -0.383 e. The van der Waals surface area contributed by atoms with Gasteiger partial charge in [-0.05, 0) is 51.4 Å². The van der Waals surface area contributed by atoms with Crippen molar-refractivity contribution in [2.45, 2.75) is 32.7 Å². The minimum absolute atomic E-state index is 0.113. The Balaban J connectivity index is 1.50. The molecule has 1 atom stereocenters. The van der Waals surface area contributed by atoms with E-state index in [9.17, 15) is 4.79 Å². The van der Waals surface area contributed by atoms with E-state index >= 15 is 0 Å². The van der Waals surface area contributed by atoms with Gasteiger partial charge in [0.2, 0.25) is 5.91 Å². The fourth-order valence-electron chi connectivity index (χ4n) is 5.84. The van der Waals surface area contributed by atoms with Crippen molar-refractivity contribution >= 4 is 5.91 Å². The van der Waals surface area contributed by atoms with Gasteiger partial charge in [-0.25, -0.2) is 0 Å². The number of ether oxygens (including phenoxy) is 1. The number of likely N-dealkylation sites (tertiary alicyclic amines) is 3. The topological polar surface area (TPSA) is 48.9 Å². The number of carbonyl (C=O) groups is 1. The highest BCUT2D eigenvalue weighted by Crippen LogP contribution is 2.57. The molecule has 4 heterocycles. The third-order valence-corrected chi connectivity index (χ3v) is 7.46. The van der Waals surface area contributed by atoms with Gasteiger partial charge in [-0.15, -0.1) is 0 Å². The molecule has 0 saturated carbocycles. The lowest BCUT2D eigenvalue weighted by atomic mass is 9.60. The van der Waals surface area contributed by atoms with Crippen LogP contribution in [0.3, 0.4) is 0 Å². The van der Waals surface area contributed by atoms with Crippen LogP contribution in [0.25, 0.3) is 0 Å². The van der Waals surface area contributed by atoms with Crippen LogP contribution in [0.4, 0.5) is 0 Å². The van der Waals surface area contributed by atoms with Crippen LogP contribution in [0.2, 0.25) is 0 Å². The standard InChI is InChI=1S/C22H34N4O2/c1-3-26-13-9-22(20(26)27)18-25(14-15-28-2)17-21(22)7-11-24(12-8-21)16-19-6-4-5-10-23-19/h4-6,10H,3,7-9,11-18H2,1-2H3/t22-/m0/s1. The number of methoxy groups -OCH3 is 1. The zero-order chi connectivity index (χ0) is 19.6. The van der Waals surface area contributed by atoms with E-state index < -0.39 is 0 Å². The number of piperidine rings is 1. The van der Waals surface area contributed by atoms with Gasteiger partial charge in [-0.3, -0.25) is 19.6 Å². The fourth-order valence-corrected chi connectivity index (χ4v) is 5.84. The molecule has 3 fully saturated rings. The third kappa shape index (κ3) is 3.36. The van der Waals surface area contributed by atoms with E-state index in [2.05, 4.69) is 38.7 Å². The number of nitrogens with zero attached hydrogens (tertiary/aromatic N) is 4. The smallest absolute Gasteiger partial charge is 0.230 e. The number of amides is 1. The first kappa shape index (κ1) is 19.8. The molecule has 0 N–H and O–H groups in total. The van der Waals surface area contributed by atoms with Crippen molar-refractivity contribution in [2.24, 2.45) is 10.8 Å². The molecule has 3 aliphatic rings. The predicted molar refractivity (Wildman–Crippen MR) is 109 cm³/mol. The molecule has 0 aliphatic carbocycles. The van der Waals surface area contributed by atoms with Gasteiger partial charge in [0.15, 0.2) is 0 Å². The second kappa shape index (κ2) is 8.09. The summed E-state index contributed by atoms with van der Waals surface area (Å²) in [5.74, 6) is 0.410. The van der Waals surface area contributed by atoms with Crippen molar-refractivity contribution in [1.82, 2.24) is 19.7 Å². The Morgan fingerprint density at radius 2 is 1.93 bits per heavy atom. The van der Waals surface area contributed by atoms with Crippen molar-refractivity contribution in [1.29, 1.82) is 0 Å². The van der Waals surface area contributed by atoms with Gasteiger partial charge < -0.3 is 9.64 Å². The highest BCUT2D eigenvalue weighted by Gasteiger charge is 2.64. The van der Waals surface area contributed by atoms with Crippen molar-refractivity contribution < 1.29 is 9.53 Å². The predicted octanol–water partition coefficient (Wildman–Crippen LogP) is 1.86. The van der Waals surface area contributed by atoms with Crippen LogP contribution in [0.15, 0.2) is 24.4 Å². The molecular weight excluding hydrogens is 352 g/mol. The van der Waals surface area contributed by atoms with Crippen LogP contribution in [0.1, 0.15) is 31.9 Å². The van der Waals surface area contributed by atoms with E-state index in [1.807, 2.05) is 12.3 Å². The molecule has 0 unspecified atom stereocenters. The quantitative estimate of drug-likeness (QED) is 0.747. The van der Waals surface area contributed by atoms with Gasteiger partial charge in [0.05, 0.1) is 17.7 Å². The molecule has 4 rings (SSSR count). The van der Waals surface area contributed by atoms with Crippen molar-refractivity contribution in [3.8, 4) is 0 Å². The van der Waals surface area contributed by atoms with E-state index in [1.165, 1.54) is 0 Å². The molecule has 28 heavy (non-hydrogen) atoms. The van der Waals surface area contributed by atoms with Gasteiger partial charge in [0.25, 0.3) is 0 Å². The van der Waals surface area contributed by atoms with E-state index in [1.54, 1.807) is 7.11 Å². The molecule has 0 aromatic carbocycles. The van der Waals surface area contributed by atoms with Crippen LogP contribution in [0.5, 0.6) is 0 Å². The maximum absolute atomic E-state index is 13.5. The minimum atomic E-state index is -0.187. The highest BCUT2D eigenvalue weighted by molar-refractivity contribution is 5.86. The second-order valence-corrected chi connectivity index (χ2v) is 8.80. The van der Waals surface area contributed by atoms with Crippen molar-refractivity contribution in [2.75, 3.05) is 59.5 Å². The maximum atomic E-state index is 13.5. The molecule has 1 amide bonds. The molecular formula is C22H34N4O2. The average Bonchev–Trinajstić information content (AvgIpc) is 3.21. The van der Waals surface area contributed by atoms with Crippen molar-refractivity contribution in [3.63, 3.8) is 0 Å². The summed E-state index contributed by atoms with van der Waals surface area (Å²) in [6.07, 6.45) is 5.10. The van der Waals surface area contributed by atoms with Crippen LogP contribution in [-0.4, -0.2) is 85.1 Å². The molecule has 1 aromatic rings. The first-order chi connectivity index (χ1) is 13.6. The van der Waals surface area contributed by atoms with Crippen LogP contribution in [-0.2, 0) is 16.1 Å². The van der Waals surface area contributed by atoms with Gasteiger partial charge in [-0.1, -0.05) is 6.07 Å². The molecule has 154 valence electrons. The van der Waals surface area contributed by atoms with E-state index in [-0.39, 0.29) is 10.8 Å². The summed E-state index contributed by atoms with van der Waals surface area (Å²) in [5.41, 5.74) is 1.06. The molecule has 0 bridgehead atoms. The maximum Gasteiger partial charge on any atom is 0.230 e. The first-order valence-electron chi connectivity index (χ1n) is 10.8. The van der Waals surface area contributed by atoms with E-state index in [0.29, 0.717) is 5.91 Å². The SMILES string of the molecule is CCN1CC[C@]2(CN(CCOC)CC23CCN(Cc2ccccn2)CC3)C1=O. The molecule has 0 radical (unpaired) electrons. The lowest BCUT2D eigenvalue weighted by Crippen LogP contribution is -2.52. The van der Waals surface area contributed by atoms with Gasteiger partial charge in [-0.2, -0.15) is 0 Å². The average molecular weight is 387 g/mol. The first-order valence-corrected chi connectivity index (χ1v) is 10.8. The fraction of sp³-hybridized carbons (Fsp3) is 0.727. The molecule has 1 aromatic heterocycles. The summed E-state index contributed by atoms with van der Waals surface area (Å²) >= 11 is 0. The zero-order valence-electron chi connectivity index (χ0n) is 17.4. The summed E-state index contributed by atoms with van der Waals surface area (Å²) in [6, 6.07) is 6.13.